The van der Waals surface area contributed by atoms with Gasteiger partial charge in [0.1, 0.15) is 0 Å². The molecule has 4 heteroatoms. The van der Waals surface area contributed by atoms with Crippen LogP contribution in [0.4, 0.5) is 0 Å². The SMILES string of the molecule is ClC1=CC=CC(c2cccc(Cl)c2Cl)C1Cl. The van der Waals surface area contributed by atoms with E-state index >= 15 is 0 Å². The number of halogens is 4. The quantitative estimate of drug-likeness (QED) is 0.610. The average molecular weight is 294 g/mol. The van der Waals surface area contributed by atoms with E-state index in [9.17, 15) is 0 Å². The first-order valence-corrected chi connectivity index (χ1v) is 6.30. The lowest BCUT2D eigenvalue weighted by Crippen LogP contribution is -2.14. The lowest BCUT2D eigenvalue weighted by Gasteiger charge is -2.23. The minimum atomic E-state index is -0.289. The minimum Gasteiger partial charge on any atom is -0.116 e. The molecule has 16 heavy (non-hydrogen) atoms. The molecule has 0 fully saturated rings. The monoisotopic (exact) mass is 292 g/mol. The highest BCUT2D eigenvalue weighted by molar-refractivity contribution is 6.42. The Bertz CT molecular complexity index is 462. The highest BCUT2D eigenvalue weighted by atomic mass is 35.5. The molecule has 0 saturated carbocycles. The Hall–Kier alpha value is -0.140. The average Bonchev–Trinajstić information content (AvgIpc) is 2.27. The summed E-state index contributed by atoms with van der Waals surface area (Å²) in [7, 11) is 0. The van der Waals surface area contributed by atoms with Crippen molar-refractivity contribution in [3.8, 4) is 0 Å². The summed E-state index contributed by atoms with van der Waals surface area (Å²) >= 11 is 24.4. The van der Waals surface area contributed by atoms with Crippen molar-refractivity contribution >= 4 is 46.4 Å². The number of hydrogen-bond acceptors (Lipinski definition) is 0. The molecule has 0 nitrogen and oxygen atoms in total. The van der Waals surface area contributed by atoms with Gasteiger partial charge in [-0.1, -0.05) is 59.1 Å². The molecule has 84 valence electrons. The highest BCUT2D eigenvalue weighted by Gasteiger charge is 2.25. The van der Waals surface area contributed by atoms with Crippen molar-refractivity contribution in [3.05, 3.63) is 57.1 Å². The molecule has 0 aromatic heterocycles. The van der Waals surface area contributed by atoms with Gasteiger partial charge in [0.15, 0.2) is 0 Å². The largest absolute Gasteiger partial charge is 0.116 e. The fourth-order valence-electron chi connectivity index (χ4n) is 1.67. The van der Waals surface area contributed by atoms with Crippen molar-refractivity contribution in [3.63, 3.8) is 0 Å². The molecule has 0 amide bonds. The molecule has 0 spiro atoms. The molecule has 1 aromatic rings. The van der Waals surface area contributed by atoms with Crippen LogP contribution in [-0.2, 0) is 0 Å². The fourth-order valence-corrected chi connectivity index (χ4v) is 2.60. The predicted molar refractivity (Wildman–Crippen MR) is 71.9 cm³/mol. The van der Waals surface area contributed by atoms with Gasteiger partial charge in [0.2, 0.25) is 0 Å². The van der Waals surface area contributed by atoms with Crippen LogP contribution in [0.3, 0.4) is 0 Å². The molecule has 1 aliphatic rings. The predicted octanol–water partition coefficient (Wildman–Crippen LogP) is 5.38. The second-order valence-corrected chi connectivity index (χ2v) is 5.20. The van der Waals surface area contributed by atoms with Crippen molar-refractivity contribution in [1.82, 2.24) is 0 Å². The van der Waals surface area contributed by atoms with Crippen LogP contribution in [0, 0.1) is 0 Å². The zero-order chi connectivity index (χ0) is 11.7. The van der Waals surface area contributed by atoms with Crippen molar-refractivity contribution in [2.45, 2.75) is 11.3 Å². The zero-order valence-electron chi connectivity index (χ0n) is 8.13. The third kappa shape index (κ3) is 2.26. The maximum atomic E-state index is 6.24. The van der Waals surface area contributed by atoms with E-state index in [1.807, 2.05) is 24.3 Å². The van der Waals surface area contributed by atoms with E-state index in [-0.39, 0.29) is 11.3 Å². The summed E-state index contributed by atoms with van der Waals surface area (Å²) in [6, 6.07) is 5.52. The Labute approximate surface area is 114 Å². The van der Waals surface area contributed by atoms with Gasteiger partial charge < -0.3 is 0 Å². The van der Waals surface area contributed by atoms with Gasteiger partial charge >= 0.3 is 0 Å². The maximum absolute atomic E-state index is 6.24. The van der Waals surface area contributed by atoms with Crippen LogP contribution in [0.25, 0.3) is 0 Å². The van der Waals surface area contributed by atoms with Gasteiger partial charge in [0, 0.05) is 11.0 Å². The molecule has 2 unspecified atom stereocenters. The Kier molecular flexibility index (Phi) is 3.86. The highest BCUT2D eigenvalue weighted by Crippen LogP contribution is 2.39. The topological polar surface area (TPSA) is 0 Å². The summed E-state index contributed by atoms with van der Waals surface area (Å²) in [4.78, 5) is 0. The zero-order valence-corrected chi connectivity index (χ0v) is 11.2. The van der Waals surface area contributed by atoms with E-state index in [0.29, 0.717) is 15.1 Å². The van der Waals surface area contributed by atoms with E-state index in [0.717, 1.165) is 5.56 Å². The van der Waals surface area contributed by atoms with Crippen molar-refractivity contribution < 1.29 is 0 Å². The standard InChI is InChI=1S/C12H8Cl4/c13-9-5-1-3-7(11(9)15)8-4-2-6-10(14)12(8)16/h1-7,11H. The normalized spacial score (nSPS) is 24.4. The van der Waals surface area contributed by atoms with E-state index in [1.54, 1.807) is 12.1 Å². The van der Waals surface area contributed by atoms with Crippen LogP contribution in [0.5, 0.6) is 0 Å². The van der Waals surface area contributed by atoms with Gasteiger partial charge in [-0.2, -0.15) is 0 Å². The van der Waals surface area contributed by atoms with Gasteiger partial charge in [-0.05, 0) is 17.7 Å². The molecule has 0 heterocycles. The van der Waals surface area contributed by atoms with Crippen molar-refractivity contribution in [2.75, 3.05) is 0 Å². The smallest absolute Gasteiger partial charge is 0.0795 e. The molecular weight excluding hydrogens is 286 g/mol. The molecule has 0 aliphatic heterocycles. The van der Waals surface area contributed by atoms with Gasteiger partial charge in [0.05, 0.1) is 15.4 Å². The molecule has 1 aliphatic carbocycles. The summed E-state index contributed by atoms with van der Waals surface area (Å²) in [5.41, 5.74) is 0.900. The number of benzene rings is 1. The van der Waals surface area contributed by atoms with Gasteiger partial charge in [-0.15, -0.1) is 11.6 Å². The van der Waals surface area contributed by atoms with Gasteiger partial charge in [-0.25, -0.2) is 0 Å². The number of hydrogen-bond donors (Lipinski definition) is 0. The third-order valence-corrected chi connectivity index (χ3v) is 4.31. The van der Waals surface area contributed by atoms with Crippen LogP contribution < -0.4 is 0 Å². The maximum Gasteiger partial charge on any atom is 0.0795 e. The summed E-state index contributed by atoms with van der Waals surface area (Å²) in [6.45, 7) is 0. The number of rotatable bonds is 1. The summed E-state index contributed by atoms with van der Waals surface area (Å²) in [5, 5.41) is 1.39. The van der Waals surface area contributed by atoms with Gasteiger partial charge in [0.25, 0.3) is 0 Å². The molecule has 2 atom stereocenters. The first-order chi connectivity index (χ1) is 7.61. The van der Waals surface area contributed by atoms with E-state index < -0.39 is 0 Å². The molecule has 1 aromatic carbocycles. The first-order valence-electron chi connectivity index (χ1n) is 4.73. The van der Waals surface area contributed by atoms with E-state index in [2.05, 4.69) is 0 Å². The van der Waals surface area contributed by atoms with Crippen LogP contribution in [-0.4, -0.2) is 5.38 Å². The van der Waals surface area contributed by atoms with Crippen LogP contribution in [0.15, 0.2) is 41.5 Å². The van der Waals surface area contributed by atoms with Crippen LogP contribution in [0.2, 0.25) is 10.0 Å². The van der Waals surface area contributed by atoms with E-state index in [4.69, 9.17) is 46.4 Å². The van der Waals surface area contributed by atoms with Crippen LogP contribution >= 0.6 is 46.4 Å². The fraction of sp³-hybridized carbons (Fsp3) is 0.167. The second-order valence-electron chi connectivity index (χ2n) is 3.51. The molecule has 0 radical (unpaired) electrons. The second kappa shape index (κ2) is 5.01. The van der Waals surface area contributed by atoms with Gasteiger partial charge in [-0.3, -0.25) is 0 Å². The molecule has 0 N–H and O–H groups in total. The molecule has 2 rings (SSSR count). The number of allylic oxidation sites excluding steroid dienone is 4. The van der Waals surface area contributed by atoms with Crippen molar-refractivity contribution in [1.29, 1.82) is 0 Å². The lowest BCUT2D eigenvalue weighted by atomic mass is 9.92. The number of alkyl halides is 1. The minimum absolute atomic E-state index is 0.0367. The summed E-state index contributed by atoms with van der Waals surface area (Å²) < 4.78 is 0. The van der Waals surface area contributed by atoms with Crippen LogP contribution in [0.1, 0.15) is 11.5 Å². The summed E-state index contributed by atoms with van der Waals surface area (Å²) in [5.74, 6) is -0.0367. The Morgan fingerprint density at radius 3 is 2.56 bits per heavy atom. The molecule has 0 bridgehead atoms. The Balaban J connectivity index is 2.42. The Morgan fingerprint density at radius 2 is 1.81 bits per heavy atom. The third-order valence-electron chi connectivity index (χ3n) is 2.49. The Morgan fingerprint density at radius 1 is 1.06 bits per heavy atom. The first kappa shape index (κ1) is 12.3. The lowest BCUT2D eigenvalue weighted by molar-refractivity contribution is 0.851. The molecular formula is C12H8Cl4. The van der Waals surface area contributed by atoms with Crippen molar-refractivity contribution in [2.24, 2.45) is 0 Å². The molecule has 0 saturated heterocycles. The summed E-state index contributed by atoms with van der Waals surface area (Å²) in [6.07, 6.45) is 5.64. The van der Waals surface area contributed by atoms with E-state index in [1.165, 1.54) is 0 Å².